The van der Waals surface area contributed by atoms with Gasteiger partial charge in [0.05, 0.1) is 11.4 Å². The number of nitrogens with one attached hydrogen (secondary N) is 2. The van der Waals surface area contributed by atoms with Crippen molar-refractivity contribution in [3.63, 3.8) is 0 Å². The lowest BCUT2D eigenvalue weighted by Gasteiger charge is -2.08. The molecule has 0 spiro atoms. The van der Waals surface area contributed by atoms with Crippen LogP contribution in [-0.2, 0) is 16.3 Å². The number of aryl methyl sites for hydroxylation is 2. The topological polar surface area (TPSA) is 96.9 Å². The van der Waals surface area contributed by atoms with Crippen LogP contribution < -0.4 is 10.9 Å². The van der Waals surface area contributed by atoms with E-state index in [1.807, 2.05) is 50.2 Å². The summed E-state index contributed by atoms with van der Waals surface area (Å²) in [5.74, 6) is 0.938. The Morgan fingerprint density at radius 1 is 0.935 bits per heavy atom. The van der Waals surface area contributed by atoms with Crippen LogP contribution in [0.2, 0.25) is 0 Å². The van der Waals surface area contributed by atoms with Crippen LogP contribution in [0.15, 0.2) is 59.9 Å². The first-order valence-electron chi connectivity index (χ1n) is 9.60. The largest absolute Gasteiger partial charge is 0.272 e. The molecule has 2 N–H and O–H groups in total. The molecule has 0 aliphatic heterocycles. The number of hydrazine groups is 1. The van der Waals surface area contributed by atoms with E-state index in [1.54, 1.807) is 30.1 Å². The van der Waals surface area contributed by atoms with Crippen molar-refractivity contribution < 1.29 is 9.59 Å². The monoisotopic (exact) mass is 453 g/mol. The highest BCUT2D eigenvalue weighted by atomic mass is 32.2. The van der Waals surface area contributed by atoms with Gasteiger partial charge in [-0.25, -0.2) is 9.97 Å². The summed E-state index contributed by atoms with van der Waals surface area (Å²) in [5, 5.41) is 0.739. The van der Waals surface area contributed by atoms with Gasteiger partial charge in [0.15, 0.2) is 5.16 Å². The van der Waals surface area contributed by atoms with E-state index >= 15 is 0 Å². The van der Waals surface area contributed by atoms with Gasteiger partial charge in [0, 0.05) is 34.7 Å². The van der Waals surface area contributed by atoms with E-state index in [2.05, 4.69) is 25.8 Å². The Balaban J connectivity index is 1.40. The molecule has 2 aromatic heterocycles. The molecule has 0 fully saturated rings. The molecule has 3 aromatic rings. The summed E-state index contributed by atoms with van der Waals surface area (Å²) in [6.45, 7) is 3.90. The van der Waals surface area contributed by atoms with Crippen molar-refractivity contribution in [3.8, 4) is 0 Å². The molecule has 0 saturated heterocycles. The van der Waals surface area contributed by atoms with Crippen LogP contribution in [0.3, 0.4) is 0 Å². The Morgan fingerprint density at radius 2 is 1.68 bits per heavy atom. The maximum Gasteiger partial charge on any atom is 0.269 e. The minimum absolute atomic E-state index is 0.230. The first-order valence-corrected chi connectivity index (χ1v) is 11.7. The average molecular weight is 454 g/mol. The molecule has 0 unspecified atom stereocenters. The number of carbonyl (C=O) groups is 2. The summed E-state index contributed by atoms with van der Waals surface area (Å²) in [6.07, 6.45) is 1.72. The lowest BCUT2D eigenvalue weighted by atomic mass is 10.1. The van der Waals surface area contributed by atoms with Gasteiger partial charge in [0.2, 0.25) is 5.91 Å². The van der Waals surface area contributed by atoms with Gasteiger partial charge in [0.1, 0.15) is 0 Å². The zero-order valence-corrected chi connectivity index (χ0v) is 18.9. The van der Waals surface area contributed by atoms with E-state index in [-0.39, 0.29) is 17.6 Å². The maximum absolute atomic E-state index is 12.2. The molecular weight excluding hydrogens is 430 g/mol. The number of hydrogen-bond donors (Lipinski definition) is 2. The van der Waals surface area contributed by atoms with Gasteiger partial charge in [0.25, 0.3) is 5.91 Å². The molecule has 0 aliphatic carbocycles. The highest BCUT2D eigenvalue weighted by Crippen LogP contribution is 2.20. The fraction of sp³-hybridized carbons (Fsp3) is 0.227. The van der Waals surface area contributed by atoms with Crippen molar-refractivity contribution in [2.45, 2.75) is 30.5 Å². The molecule has 2 amide bonds. The number of amides is 2. The van der Waals surface area contributed by atoms with Gasteiger partial charge in [-0.1, -0.05) is 30.0 Å². The summed E-state index contributed by atoms with van der Waals surface area (Å²) in [7, 11) is 0. The third-order valence-corrected chi connectivity index (χ3v) is 5.96. The molecule has 0 bridgehead atoms. The SMILES string of the molecule is Cc1cc(C)nc(SCc2ccc(C(=O)NNC(=O)CSCc3ccccn3)cc2)n1. The summed E-state index contributed by atoms with van der Waals surface area (Å²) < 4.78 is 0. The summed E-state index contributed by atoms with van der Waals surface area (Å²) >= 11 is 2.98. The number of aromatic nitrogens is 3. The second kappa shape index (κ2) is 11.5. The Hall–Kier alpha value is -2.91. The van der Waals surface area contributed by atoms with Gasteiger partial charge in [-0.05, 0) is 49.7 Å². The van der Waals surface area contributed by atoms with Gasteiger partial charge < -0.3 is 0 Å². The van der Waals surface area contributed by atoms with Crippen LogP contribution >= 0.6 is 23.5 Å². The van der Waals surface area contributed by atoms with Gasteiger partial charge in [-0.2, -0.15) is 0 Å². The molecule has 0 radical (unpaired) electrons. The number of thioether (sulfide) groups is 2. The normalized spacial score (nSPS) is 10.5. The quantitative estimate of drug-likeness (QED) is 0.306. The van der Waals surface area contributed by atoms with Crippen LogP contribution in [0, 0.1) is 13.8 Å². The fourth-order valence-electron chi connectivity index (χ4n) is 2.62. The molecule has 9 heteroatoms. The van der Waals surface area contributed by atoms with E-state index in [4.69, 9.17) is 0 Å². The van der Waals surface area contributed by atoms with Crippen molar-refractivity contribution >= 4 is 35.3 Å². The Bertz CT molecular complexity index is 1010. The molecule has 3 rings (SSSR count). The summed E-state index contributed by atoms with van der Waals surface area (Å²) in [5.41, 5.74) is 9.20. The minimum Gasteiger partial charge on any atom is -0.272 e. The van der Waals surface area contributed by atoms with Gasteiger partial charge >= 0.3 is 0 Å². The van der Waals surface area contributed by atoms with Crippen LogP contribution in [0.5, 0.6) is 0 Å². The van der Waals surface area contributed by atoms with E-state index in [0.717, 1.165) is 27.8 Å². The third kappa shape index (κ3) is 7.69. The molecule has 1 aromatic carbocycles. The highest BCUT2D eigenvalue weighted by molar-refractivity contribution is 7.99. The average Bonchev–Trinajstić information content (AvgIpc) is 2.76. The maximum atomic E-state index is 12.2. The second-order valence-electron chi connectivity index (χ2n) is 6.74. The zero-order chi connectivity index (χ0) is 22.1. The molecule has 0 aliphatic rings. The zero-order valence-electron chi connectivity index (χ0n) is 17.3. The smallest absolute Gasteiger partial charge is 0.269 e. The van der Waals surface area contributed by atoms with Gasteiger partial charge in [-0.15, -0.1) is 11.8 Å². The van der Waals surface area contributed by atoms with E-state index < -0.39 is 0 Å². The molecule has 0 atom stereocenters. The minimum atomic E-state index is -0.361. The number of rotatable bonds is 8. The highest BCUT2D eigenvalue weighted by Gasteiger charge is 2.08. The van der Waals surface area contributed by atoms with Crippen molar-refractivity contribution in [1.82, 2.24) is 25.8 Å². The van der Waals surface area contributed by atoms with Crippen LogP contribution in [0.25, 0.3) is 0 Å². The van der Waals surface area contributed by atoms with Crippen LogP contribution in [0.4, 0.5) is 0 Å². The van der Waals surface area contributed by atoms with Crippen molar-refractivity contribution in [3.05, 3.63) is 82.9 Å². The lowest BCUT2D eigenvalue weighted by molar-refractivity contribution is -0.119. The van der Waals surface area contributed by atoms with Crippen molar-refractivity contribution in [2.75, 3.05) is 5.75 Å². The first-order chi connectivity index (χ1) is 15.0. The van der Waals surface area contributed by atoms with E-state index in [9.17, 15) is 9.59 Å². The van der Waals surface area contributed by atoms with Crippen molar-refractivity contribution in [2.24, 2.45) is 0 Å². The Labute approximate surface area is 189 Å². The number of hydrogen-bond acceptors (Lipinski definition) is 7. The predicted octanol–water partition coefficient (Wildman–Crippen LogP) is 3.48. The Morgan fingerprint density at radius 3 is 2.35 bits per heavy atom. The Kier molecular flexibility index (Phi) is 8.43. The van der Waals surface area contributed by atoms with Crippen molar-refractivity contribution in [1.29, 1.82) is 0 Å². The standard InChI is InChI=1S/C22H23N5O2S2/c1-15-11-16(2)25-22(24-15)31-12-17-6-8-18(9-7-17)21(29)27-26-20(28)14-30-13-19-5-3-4-10-23-19/h3-11H,12-14H2,1-2H3,(H,26,28)(H,27,29). The second-order valence-corrected chi connectivity index (χ2v) is 8.66. The lowest BCUT2D eigenvalue weighted by Crippen LogP contribution is -2.42. The molecule has 160 valence electrons. The fourth-order valence-corrected chi connectivity index (χ4v) is 4.27. The number of pyridine rings is 1. The van der Waals surface area contributed by atoms with Crippen LogP contribution in [-0.4, -0.2) is 32.5 Å². The molecule has 2 heterocycles. The van der Waals surface area contributed by atoms with Gasteiger partial charge in [-0.3, -0.25) is 25.4 Å². The first kappa shape index (κ1) is 22.8. The van der Waals surface area contributed by atoms with E-state index in [0.29, 0.717) is 17.1 Å². The molecule has 7 nitrogen and oxygen atoms in total. The predicted molar refractivity (Wildman–Crippen MR) is 124 cm³/mol. The van der Waals surface area contributed by atoms with E-state index in [1.165, 1.54) is 11.8 Å². The third-order valence-electron chi connectivity index (χ3n) is 4.07. The number of benzene rings is 1. The summed E-state index contributed by atoms with van der Waals surface area (Å²) in [4.78, 5) is 37.2. The molecule has 0 saturated carbocycles. The molecular formula is C22H23N5O2S2. The number of nitrogens with zero attached hydrogens (tertiary/aromatic N) is 3. The van der Waals surface area contributed by atoms with Crippen LogP contribution in [0.1, 0.15) is 33.0 Å². The molecule has 31 heavy (non-hydrogen) atoms. The summed E-state index contributed by atoms with van der Waals surface area (Å²) in [6, 6.07) is 14.8. The number of carbonyl (C=O) groups excluding carboxylic acids is 2.